The molecule has 1 N–H and O–H groups in total. The minimum Gasteiger partial charge on any atom is -0.466 e. The summed E-state index contributed by atoms with van der Waals surface area (Å²) < 4.78 is 7.03. The number of anilines is 1. The summed E-state index contributed by atoms with van der Waals surface area (Å²) in [5.41, 5.74) is 3.09. The first-order valence-corrected chi connectivity index (χ1v) is 9.96. The van der Waals surface area contributed by atoms with Crippen LogP contribution in [-0.4, -0.2) is 65.6 Å². The summed E-state index contributed by atoms with van der Waals surface area (Å²) >= 11 is 0. The third kappa shape index (κ3) is 3.96. The Hall–Kier alpha value is -3.29. The van der Waals surface area contributed by atoms with Gasteiger partial charge in [-0.2, -0.15) is 0 Å². The Kier molecular flexibility index (Phi) is 5.50. The topological polar surface area (TPSA) is 79.2 Å². The van der Waals surface area contributed by atoms with Crippen molar-refractivity contribution in [1.82, 2.24) is 19.6 Å². The third-order valence-electron chi connectivity index (χ3n) is 5.12. The van der Waals surface area contributed by atoms with Gasteiger partial charge in [-0.1, -0.05) is 12.1 Å². The van der Waals surface area contributed by atoms with Crippen molar-refractivity contribution in [2.24, 2.45) is 0 Å². The summed E-state index contributed by atoms with van der Waals surface area (Å²) in [4.78, 5) is 32.6. The number of nitrogens with zero attached hydrogens (tertiary/aromatic N) is 4. The van der Waals surface area contributed by atoms with E-state index >= 15 is 0 Å². The van der Waals surface area contributed by atoms with Crippen LogP contribution in [0, 0.1) is 0 Å². The number of ether oxygens (including phenoxy) is 1. The molecule has 0 bridgehead atoms. The second-order valence-electron chi connectivity index (χ2n) is 6.95. The molecule has 0 atom stereocenters. The number of piperazine rings is 1. The van der Waals surface area contributed by atoms with Gasteiger partial charge in [-0.3, -0.25) is 4.79 Å². The van der Waals surface area contributed by atoms with E-state index in [1.165, 1.54) is 0 Å². The standard InChI is InChI=1S/C21H25N5O3/c1-2-29-19(27)9-10-22-21(28)25-14-12-24(13-15-25)20-18-8-5-11-26(18)17-7-4-3-6-16(17)23-20/h3-8,11H,2,9-10,12-15H2,1H3,(H,22,28). The number of amides is 2. The predicted octanol–water partition coefficient (Wildman–Crippen LogP) is 2.27. The normalized spacial score (nSPS) is 14.4. The Balaban J connectivity index is 1.40. The number of hydrogen-bond acceptors (Lipinski definition) is 5. The number of hydrogen-bond donors (Lipinski definition) is 1. The molecule has 2 aromatic heterocycles. The van der Waals surface area contributed by atoms with Crippen LogP contribution in [0.2, 0.25) is 0 Å². The fourth-order valence-corrected chi connectivity index (χ4v) is 3.68. The first kappa shape index (κ1) is 19.0. The quantitative estimate of drug-likeness (QED) is 0.671. The maximum absolute atomic E-state index is 12.4. The van der Waals surface area contributed by atoms with Gasteiger partial charge in [-0.25, -0.2) is 9.78 Å². The number of carbonyl (C=O) groups excluding carboxylic acids is 2. The zero-order valence-electron chi connectivity index (χ0n) is 16.5. The lowest BCUT2D eigenvalue weighted by atomic mass is 10.2. The highest BCUT2D eigenvalue weighted by molar-refractivity contribution is 5.85. The molecule has 152 valence electrons. The van der Waals surface area contributed by atoms with Gasteiger partial charge in [0.05, 0.1) is 29.6 Å². The van der Waals surface area contributed by atoms with E-state index in [-0.39, 0.29) is 25.0 Å². The maximum Gasteiger partial charge on any atom is 0.317 e. The van der Waals surface area contributed by atoms with Gasteiger partial charge in [0.2, 0.25) is 0 Å². The van der Waals surface area contributed by atoms with Crippen LogP contribution < -0.4 is 10.2 Å². The van der Waals surface area contributed by atoms with E-state index in [4.69, 9.17) is 9.72 Å². The van der Waals surface area contributed by atoms with E-state index in [0.717, 1.165) is 22.4 Å². The number of aromatic nitrogens is 2. The molecule has 1 aromatic carbocycles. The fourth-order valence-electron chi connectivity index (χ4n) is 3.68. The molecule has 0 aliphatic carbocycles. The number of benzene rings is 1. The molecule has 0 spiro atoms. The van der Waals surface area contributed by atoms with Crippen LogP contribution in [-0.2, 0) is 9.53 Å². The average Bonchev–Trinajstić information content (AvgIpc) is 3.24. The first-order chi connectivity index (χ1) is 14.2. The molecule has 0 unspecified atom stereocenters. The monoisotopic (exact) mass is 395 g/mol. The summed E-state index contributed by atoms with van der Waals surface area (Å²) in [5, 5.41) is 2.79. The largest absolute Gasteiger partial charge is 0.466 e. The van der Waals surface area contributed by atoms with Crippen LogP contribution >= 0.6 is 0 Å². The van der Waals surface area contributed by atoms with Crippen molar-refractivity contribution < 1.29 is 14.3 Å². The summed E-state index contributed by atoms with van der Waals surface area (Å²) in [5.74, 6) is 0.646. The van der Waals surface area contributed by atoms with Crippen molar-refractivity contribution in [1.29, 1.82) is 0 Å². The van der Waals surface area contributed by atoms with Gasteiger partial charge in [-0.15, -0.1) is 0 Å². The number of para-hydroxylation sites is 2. The second-order valence-corrected chi connectivity index (χ2v) is 6.95. The van der Waals surface area contributed by atoms with Crippen LogP contribution in [0.4, 0.5) is 10.6 Å². The van der Waals surface area contributed by atoms with E-state index < -0.39 is 0 Å². The minimum atomic E-state index is -0.295. The van der Waals surface area contributed by atoms with Gasteiger partial charge in [0.1, 0.15) is 0 Å². The molecule has 29 heavy (non-hydrogen) atoms. The number of fused-ring (bicyclic) bond motifs is 3. The van der Waals surface area contributed by atoms with Gasteiger partial charge in [-0.05, 0) is 31.2 Å². The lowest BCUT2D eigenvalue weighted by Gasteiger charge is -2.35. The number of esters is 1. The Bertz CT molecular complexity index is 1020. The zero-order valence-corrected chi connectivity index (χ0v) is 16.5. The Labute approximate surface area is 169 Å². The van der Waals surface area contributed by atoms with Crippen molar-refractivity contribution in [3.05, 3.63) is 42.6 Å². The second kappa shape index (κ2) is 8.38. The summed E-state index contributed by atoms with van der Waals surface area (Å²) in [7, 11) is 0. The van der Waals surface area contributed by atoms with E-state index in [0.29, 0.717) is 32.8 Å². The Morgan fingerprint density at radius 2 is 1.83 bits per heavy atom. The van der Waals surface area contributed by atoms with Crippen molar-refractivity contribution in [3.63, 3.8) is 0 Å². The molecule has 8 heteroatoms. The molecular weight excluding hydrogens is 370 g/mol. The molecule has 1 aliphatic heterocycles. The zero-order chi connectivity index (χ0) is 20.2. The van der Waals surface area contributed by atoms with Crippen molar-refractivity contribution >= 4 is 34.4 Å². The van der Waals surface area contributed by atoms with E-state index in [2.05, 4.69) is 32.9 Å². The molecule has 3 aromatic rings. The van der Waals surface area contributed by atoms with E-state index in [1.807, 2.05) is 24.3 Å². The lowest BCUT2D eigenvalue weighted by Crippen LogP contribution is -2.52. The predicted molar refractivity (Wildman–Crippen MR) is 111 cm³/mol. The number of nitrogens with one attached hydrogen (secondary N) is 1. The summed E-state index contributed by atoms with van der Waals surface area (Å²) in [6.07, 6.45) is 2.24. The maximum atomic E-state index is 12.4. The van der Waals surface area contributed by atoms with Gasteiger partial charge in [0.15, 0.2) is 5.82 Å². The summed E-state index contributed by atoms with van der Waals surface area (Å²) in [6.45, 7) is 5.03. The SMILES string of the molecule is CCOC(=O)CCNC(=O)N1CCN(c2nc3ccccc3n3cccc23)CC1. The molecule has 1 saturated heterocycles. The first-order valence-electron chi connectivity index (χ1n) is 9.96. The fraction of sp³-hybridized carbons (Fsp3) is 0.381. The number of urea groups is 1. The average molecular weight is 395 g/mol. The van der Waals surface area contributed by atoms with Gasteiger partial charge in [0, 0.05) is 38.9 Å². The molecule has 0 radical (unpaired) electrons. The van der Waals surface area contributed by atoms with Crippen molar-refractivity contribution in [3.8, 4) is 0 Å². The lowest BCUT2D eigenvalue weighted by molar-refractivity contribution is -0.142. The molecule has 1 fully saturated rings. The molecule has 0 saturated carbocycles. The molecule has 8 nitrogen and oxygen atoms in total. The molecule has 3 heterocycles. The Morgan fingerprint density at radius 1 is 1.07 bits per heavy atom. The van der Waals surface area contributed by atoms with Crippen LogP contribution in [0.1, 0.15) is 13.3 Å². The van der Waals surface area contributed by atoms with E-state index in [9.17, 15) is 9.59 Å². The number of carbonyl (C=O) groups is 2. The molecular formula is C21H25N5O3. The molecule has 2 amide bonds. The van der Waals surface area contributed by atoms with Gasteiger partial charge >= 0.3 is 12.0 Å². The van der Waals surface area contributed by atoms with Crippen LogP contribution in [0.25, 0.3) is 16.6 Å². The molecule has 1 aliphatic rings. The smallest absolute Gasteiger partial charge is 0.317 e. The van der Waals surface area contributed by atoms with Gasteiger partial charge < -0.3 is 24.3 Å². The third-order valence-corrected chi connectivity index (χ3v) is 5.12. The highest BCUT2D eigenvalue weighted by atomic mass is 16.5. The van der Waals surface area contributed by atoms with E-state index in [1.54, 1.807) is 11.8 Å². The highest BCUT2D eigenvalue weighted by Gasteiger charge is 2.23. The minimum absolute atomic E-state index is 0.145. The summed E-state index contributed by atoms with van der Waals surface area (Å²) in [6, 6.07) is 12.1. The van der Waals surface area contributed by atoms with Crippen LogP contribution in [0.3, 0.4) is 0 Å². The van der Waals surface area contributed by atoms with Crippen molar-refractivity contribution in [2.45, 2.75) is 13.3 Å². The van der Waals surface area contributed by atoms with Crippen LogP contribution in [0.5, 0.6) is 0 Å². The Morgan fingerprint density at radius 3 is 2.62 bits per heavy atom. The van der Waals surface area contributed by atoms with Gasteiger partial charge in [0.25, 0.3) is 0 Å². The number of rotatable bonds is 5. The highest BCUT2D eigenvalue weighted by Crippen LogP contribution is 2.26. The van der Waals surface area contributed by atoms with Crippen molar-refractivity contribution in [2.75, 3.05) is 44.2 Å². The van der Waals surface area contributed by atoms with Crippen LogP contribution in [0.15, 0.2) is 42.6 Å². The molecule has 4 rings (SSSR count).